The molecule has 0 radical (unpaired) electrons. The van der Waals surface area contributed by atoms with Crippen LogP contribution in [0.1, 0.15) is 37.7 Å². The molecule has 0 bridgehead atoms. The normalized spacial score (nSPS) is 15.3. The zero-order chi connectivity index (χ0) is 15.9. The lowest BCUT2D eigenvalue weighted by atomic mass is 9.89. The van der Waals surface area contributed by atoms with Crippen LogP contribution < -0.4 is 16.4 Å². The minimum Gasteiger partial charge on any atom is -0.368 e. The van der Waals surface area contributed by atoms with E-state index in [0.29, 0.717) is 24.4 Å². The van der Waals surface area contributed by atoms with Gasteiger partial charge in [-0.05, 0) is 24.3 Å². The van der Waals surface area contributed by atoms with Crippen LogP contribution in [0.4, 0.5) is 17.8 Å². The molecular weight excluding hydrogens is 288 g/mol. The van der Waals surface area contributed by atoms with Crippen molar-refractivity contribution >= 4 is 17.8 Å². The maximum Gasteiger partial charge on any atom is 0.229 e. The third kappa shape index (κ3) is 4.81. The van der Waals surface area contributed by atoms with Crippen LogP contribution in [0.2, 0.25) is 0 Å². The van der Waals surface area contributed by atoms with Gasteiger partial charge in [-0.25, -0.2) is 0 Å². The van der Waals surface area contributed by atoms with Gasteiger partial charge in [-0.2, -0.15) is 15.0 Å². The van der Waals surface area contributed by atoms with Gasteiger partial charge in [0, 0.05) is 13.1 Å². The first-order valence-corrected chi connectivity index (χ1v) is 8.33. The van der Waals surface area contributed by atoms with Crippen molar-refractivity contribution in [3.05, 3.63) is 35.9 Å². The number of aromatic nitrogens is 3. The van der Waals surface area contributed by atoms with Gasteiger partial charge in [0.05, 0.1) is 0 Å². The lowest BCUT2D eigenvalue weighted by Gasteiger charge is -2.21. The van der Waals surface area contributed by atoms with E-state index in [2.05, 4.69) is 37.7 Å². The molecule has 1 fully saturated rings. The second-order valence-electron chi connectivity index (χ2n) is 6.06. The summed E-state index contributed by atoms with van der Waals surface area (Å²) in [7, 11) is 0. The Bertz CT molecular complexity index is 610. The first-order chi connectivity index (χ1) is 11.3. The number of nitrogens with two attached hydrogens (primary N) is 1. The second kappa shape index (κ2) is 7.76. The summed E-state index contributed by atoms with van der Waals surface area (Å²) in [6.45, 7) is 1.56. The number of hydrogen-bond donors (Lipinski definition) is 3. The van der Waals surface area contributed by atoms with Crippen molar-refractivity contribution in [1.82, 2.24) is 15.0 Å². The predicted molar refractivity (Wildman–Crippen MR) is 93.1 cm³/mol. The van der Waals surface area contributed by atoms with Crippen LogP contribution in [0.15, 0.2) is 30.3 Å². The fraction of sp³-hybridized carbons (Fsp3) is 0.471. The van der Waals surface area contributed by atoms with E-state index >= 15 is 0 Å². The highest BCUT2D eigenvalue weighted by Crippen LogP contribution is 2.23. The number of nitrogens with one attached hydrogen (secondary N) is 2. The van der Waals surface area contributed by atoms with Gasteiger partial charge >= 0.3 is 0 Å². The van der Waals surface area contributed by atoms with Crippen molar-refractivity contribution in [1.29, 1.82) is 0 Å². The first kappa shape index (κ1) is 15.5. The van der Waals surface area contributed by atoms with Gasteiger partial charge in [-0.3, -0.25) is 0 Å². The van der Waals surface area contributed by atoms with Crippen LogP contribution in [0.5, 0.6) is 0 Å². The van der Waals surface area contributed by atoms with E-state index in [4.69, 9.17) is 5.73 Å². The Kier molecular flexibility index (Phi) is 5.24. The van der Waals surface area contributed by atoms with Gasteiger partial charge in [0.2, 0.25) is 17.8 Å². The quantitative estimate of drug-likeness (QED) is 0.759. The minimum absolute atomic E-state index is 0.238. The molecule has 4 N–H and O–H groups in total. The monoisotopic (exact) mass is 312 g/mol. The lowest BCUT2D eigenvalue weighted by molar-refractivity contribution is 0.373. The smallest absolute Gasteiger partial charge is 0.229 e. The molecular formula is C17H24N6. The molecule has 1 aliphatic rings. The number of benzene rings is 1. The van der Waals surface area contributed by atoms with Crippen molar-refractivity contribution in [2.75, 3.05) is 22.9 Å². The lowest BCUT2D eigenvalue weighted by Crippen LogP contribution is -2.19. The third-order valence-electron chi connectivity index (χ3n) is 4.22. The minimum atomic E-state index is 0.238. The molecule has 0 unspecified atom stereocenters. The summed E-state index contributed by atoms with van der Waals surface area (Å²) in [5.74, 6) is 2.01. The van der Waals surface area contributed by atoms with Gasteiger partial charge in [0.15, 0.2) is 0 Å². The Balaban J connectivity index is 1.57. The summed E-state index contributed by atoms with van der Waals surface area (Å²) in [5.41, 5.74) is 6.96. The topological polar surface area (TPSA) is 88.8 Å². The highest BCUT2D eigenvalue weighted by molar-refractivity contribution is 5.40. The number of anilines is 3. The van der Waals surface area contributed by atoms with Crippen LogP contribution in [-0.4, -0.2) is 21.5 Å². The molecule has 1 aromatic carbocycles. The predicted octanol–water partition coefficient (Wildman–Crippen LogP) is 3.06. The third-order valence-corrected chi connectivity index (χ3v) is 4.22. The van der Waals surface area contributed by atoms with Crippen LogP contribution in [0, 0.1) is 5.92 Å². The molecule has 23 heavy (non-hydrogen) atoms. The van der Waals surface area contributed by atoms with Crippen molar-refractivity contribution in [2.24, 2.45) is 5.92 Å². The summed E-state index contributed by atoms with van der Waals surface area (Å²) < 4.78 is 0. The Morgan fingerprint density at radius 1 is 0.913 bits per heavy atom. The molecule has 1 saturated carbocycles. The zero-order valence-electron chi connectivity index (χ0n) is 13.3. The molecule has 0 aliphatic heterocycles. The molecule has 2 aromatic rings. The molecule has 122 valence electrons. The van der Waals surface area contributed by atoms with Crippen molar-refractivity contribution in [3.8, 4) is 0 Å². The molecule has 1 aliphatic carbocycles. The van der Waals surface area contributed by atoms with E-state index in [9.17, 15) is 0 Å². The summed E-state index contributed by atoms with van der Waals surface area (Å²) >= 11 is 0. The molecule has 0 atom stereocenters. The largest absolute Gasteiger partial charge is 0.368 e. The maximum atomic E-state index is 5.79. The highest BCUT2D eigenvalue weighted by Gasteiger charge is 2.14. The molecule has 1 aromatic heterocycles. The Labute approximate surface area is 137 Å². The van der Waals surface area contributed by atoms with E-state index in [1.807, 2.05) is 18.2 Å². The molecule has 0 spiro atoms. The average molecular weight is 312 g/mol. The number of nitrogen functional groups attached to an aromatic ring is 1. The molecule has 6 heteroatoms. The first-order valence-electron chi connectivity index (χ1n) is 8.33. The summed E-state index contributed by atoms with van der Waals surface area (Å²) in [6.07, 6.45) is 6.59. The Morgan fingerprint density at radius 2 is 1.61 bits per heavy atom. The van der Waals surface area contributed by atoms with Crippen LogP contribution in [0.25, 0.3) is 0 Å². The number of rotatable bonds is 6. The van der Waals surface area contributed by atoms with E-state index in [0.717, 1.165) is 6.54 Å². The van der Waals surface area contributed by atoms with Gasteiger partial charge in [0.25, 0.3) is 0 Å². The highest BCUT2D eigenvalue weighted by atomic mass is 15.2. The average Bonchev–Trinajstić information content (AvgIpc) is 2.60. The maximum absolute atomic E-state index is 5.79. The second-order valence-corrected chi connectivity index (χ2v) is 6.06. The Morgan fingerprint density at radius 3 is 2.35 bits per heavy atom. The summed E-state index contributed by atoms with van der Waals surface area (Å²) in [4.78, 5) is 12.7. The van der Waals surface area contributed by atoms with Gasteiger partial charge in [0.1, 0.15) is 0 Å². The summed E-state index contributed by atoms with van der Waals surface area (Å²) in [5, 5.41) is 6.51. The van der Waals surface area contributed by atoms with Gasteiger partial charge in [-0.1, -0.05) is 49.6 Å². The van der Waals surface area contributed by atoms with E-state index < -0.39 is 0 Å². The summed E-state index contributed by atoms with van der Waals surface area (Å²) in [6, 6.07) is 10.1. The zero-order valence-corrected chi connectivity index (χ0v) is 13.3. The standard InChI is InChI=1S/C17H24N6/c18-15-21-16(19-11-13-7-3-1-4-8-13)23-17(22-15)20-12-14-9-5-2-6-10-14/h1,3-4,7-8,14H,2,5-6,9-12H2,(H4,18,19,20,21,22,23). The van der Waals surface area contributed by atoms with Gasteiger partial charge < -0.3 is 16.4 Å². The molecule has 0 saturated heterocycles. The van der Waals surface area contributed by atoms with Crippen molar-refractivity contribution in [2.45, 2.75) is 38.6 Å². The molecule has 3 rings (SSSR count). The Hall–Kier alpha value is -2.37. The van der Waals surface area contributed by atoms with Gasteiger partial charge in [-0.15, -0.1) is 0 Å². The van der Waals surface area contributed by atoms with Crippen molar-refractivity contribution < 1.29 is 0 Å². The fourth-order valence-corrected chi connectivity index (χ4v) is 2.95. The molecule has 1 heterocycles. The van der Waals surface area contributed by atoms with Crippen LogP contribution in [-0.2, 0) is 6.54 Å². The van der Waals surface area contributed by atoms with Crippen LogP contribution >= 0.6 is 0 Å². The van der Waals surface area contributed by atoms with E-state index in [-0.39, 0.29) is 5.95 Å². The van der Waals surface area contributed by atoms with E-state index in [1.165, 1.54) is 37.7 Å². The number of nitrogens with zero attached hydrogens (tertiary/aromatic N) is 3. The SMILES string of the molecule is Nc1nc(NCc2ccccc2)nc(NCC2CCCCC2)n1. The number of hydrogen-bond acceptors (Lipinski definition) is 6. The van der Waals surface area contributed by atoms with E-state index in [1.54, 1.807) is 0 Å². The fourth-order valence-electron chi connectivity index (χ4n) is 2.95. The van der Waals surface area contributed by atoms with Crippen molar-refractivity contribution in [3.63, 3.8) is 0 Å². The molecule has 0 amide bonds. The van der Waals surface area contributed by atoms with Crippen LogP contribution in [0.3, 0.4) is 0 Å². The molecule has 6 nitrogen and oxygen atoms in total.